The molecule has 0 saturated heterocycles. The van der Waals surface area contributed by atoms with E-state index < -0.39 is 22.5 Å². The number of sulfonamides is 1. The maximum atomic E-state index is 13.6. The lowest BCUT2D eigenvalue weighted by molar-refractivity contribution is -0.114. The second-order valence-electron chi connectivity index (χ2n) is 8.59. The van der Waals surface area contributed by atoms with Crippen LogP contribution in [0, 0.1) is 13.8 Å². The summed E-state index contributed by atoms with van der Waals surface area (Å²) in [5.41, 5.74) is 4.23. The van der Waals surface area contributed by atoms with Crippen LogP contribution in [0.2, 0.25) is 5.02 Å². The van der Waals surface area contributed by atoms with Gasteiger partial charge in [0.15, 0.2) is 0 Å². The van der Waals surface area contributed by atoms with Gasteiger partial charge in [-0.25, -0.2) is 8.42 Å². The molecule has 0 fully saturated rings. The van der Waals surface area contributed by atoms with E-state index in [1.165, 1.54) is 24.3 Å². The van der Waals surface area contributed by atoms with E-state index in [-0.39, 0.29) is 4.90 Å². The molecule has 0 unspecified atom stereocenters. The molecule has 8 heteroatoms. The molecule has 0 spiro atoms. The fourth-order valence-corrected chi connectivity index (χ4v) is 5.60. The zero-order chi connectivity index (χ0) is 25.4. The molecule has 5 aromatic rings. The molecule has 0 radical (unpaired) electrons. The van der Waals surface area contributed by atoms with Crippen LogP contribution in [-0.4, -0.2) is 20.9 Å². The Labute approximate surface area is 214 Å². The summed E-state index contributed by atoms with van der Waals surface area (Å²) >= 11 is 5.96. The van der Waals surface area contributed by atoms with Crippen LogP contribution in [0.3, 0.4) is 0 Å². The minimum absolute atomic E-state index is 0.0432. The first-order chi connectivity index (χ1) is 17.2. The summed E-state index contributed by atoms with van der Waals surface area (Å²) in [5, 5.41) is 5.16. The molecule has 36 heavy (non-hydrogen) atoms. The quantitative estimate of drug-likeness (QED) is 0.271. The number of nitrogens with one attached hydrogen (secondary N) is 1. The lowest BCUT2D eigenvalue weighted by Gasteiger charge is -2.25. The van der Waals surface area contributed by atoms with Gasteiger partial charge in [-0.2, -0.15) is 0 Å². The molecule has 0 aliphatic rings. The van der Waals surface area contributed by atoms with Crippen LogP contribution in [-0.2, 0) is 14.8 Å². The molecule has 0 saturated carbocycles. The summed E-state index contributed by atoms with van der Waals surface area (Å²) in [6.07, 6.45) is 0. The van der Waals surface area contributed by atoms with Crippen molar-refractivity contribution in [2.24, 2.45) is 0 Å². The van der Waals surface area contributed by atoms with E-state index in [0.29, 0.717) is 22.0 Å². The fourth-order valence-electron chi connectivity index (χ4n) is 4.06. The van der Waals surface area contributed by atoms with Crippen molar-refractivity contribution in [2.45, 2.75) is 18.7 Å². The molecule has 1 aromatic heterocycles. The lowest BCUT2D eigenvalue weighted by atomic mass is 10.1. The number of carbonyl (C=O) groups excluding carboxylic acids is 1. The molecule has 1 amide bonds. The number of furan rings is 1. The molecule has 1 N–H and O–H groups in total. The molecule has 0 aliphatic carbocycles. The number of para-hydroxylation sites is 1. The van der Waals surface area contributed by atoms with Gasteiger partial charge in [0.1, 0.15) is 17.7 Å². The Morgan fingerprint density at radius 1 is 0.861 bits per heavy atom. The number of aryl methyl sites for hydroxylation is 2. The van der Waals surface area contributed by atoms with Gasteiger partial charge in [-0.3, -0.25) is 9.10 Å². The van der Waals surface area contributed by atoms with E-state index in [9.17, 15) is 13.2 Å². The second kappa shape index (κ2) is 9.33. The molecular weight excluding hydrogens is 496 g/mol. The van der Waals surface area contributed by atoms with Crippen LogP contribution in [0.1, 0.15) is 11.1 Å². The van der Waals surface area contributed by atoms with Crippen molar-refractivity contribution in [2.75, 3.05) is 16.2 Å². The standard InChI is InChI=1S/C28H23ClN2O4S/c1-18-7-11-22(15-19(18)2)31(36(33,34)23-12-8-20(29)9-13-23)17-28(32)30-21-10-14-25-24-5-3-4-6-26(24)35-27(25)16-21/h3-16H,17H2,1-2H3,(H,30,32). The van der Waals surface area contributed by atoms with Crippen LogP contribution in [0.4, 0.5) is 11.4 Å². The third-order valence-electron chi connectivity index (χ3n) is 6.13. The topological polar surface area (TPSA) is 79.6 Å². The number of fused-ring (bicyclic) bond motifs is 3. The Kier molecular flexibility index (Phi) is 6.20. The number of rotatable bonds is 6. The average molecular weight is 519 g/mol. The van der Waals surface area contributed by atoms with Gasteiger partial charge < -0.3 is 9.73 Å². The van der Waals surface area contributed by atoms with Gasteiger partial charge >= 0.3 is 0 Å². The minimum Gasteiger partial charge on any atom is -0.456 e. The Balaban J connectivity index is 1.46. The number of amides is 1. The molecule has 0 aliphatic heterocycles. The summed E-state index contributed by atoms with van der Waals surface area (Å²) in [6.45, 7) is 3.43. The number of nitrogens with zero attached hydrogens (tertiary/aromatic N) is 1. The highest BCUT2D eigenvalue weighted by Crippen LogP contribution is 2.31. The van der Waals surface area contributed by atoms with Crippen LogP contribution >= 0.6 is 11.6 Å². The summed E-state index contributed by atoms with van der Waals surface area (Å²) < 4.78 is 34.2. The van der Waals surface area contributed by atoms with Crippen molar-refractivity contribution in [3.05, 3.63) is 101 Å². The van der Waals surface area contributed by atoms with Gasteiger partial charge in [-0.15, -0.1) is 0 Å². The Morgan fingerprint density at radius 2 is 1.58 bits per heavy atom. The molecule has 0 bridgehead atoms. The van der Waals surface area contributed by atoms with E-state index in [0.717, 1.165) is 31.8 Å². The first-order valence-corrected chi connectivity index (χ1v) is 13.1. The molecule has 6 nitrogen and oxygen atoms in total. The predicted molar refractivity (Wildman–Crippen MR) is 144 cm³/mol. The first-order valence-electron chi connectivity index (χ1n) is 11.3. The molecule has 1 heterocycles. The third kappa shape index (κ3) is 4.55. The second-order valence-corrected chi connectivity index (χ2v) is 10.9. The monoisotopic (exact) mass is 518 g/mol. The first kappa shape index (κ1) is 23.9. The van der Waals surface area contributed by atoms with Crippen LogP contribution in [0.5, 0.6) is 0 Å². The molecule has 5 rings (SSSR count). The summed E-state index contributed by atoms with van der Waals surface area (Å²) in [4.78, 5) is 13.2. The van der Waals surface area contributed by atoms with Crippen molar-refractivity contribution in [1.82, 2.24) is 0 Å². The summed E-state index contributed by atoms with van der Waals surface area (Å²) in [7, 11) is -4.04. The van der Waals surface area contributed by atoms with Gasteiger partial charge in [0, 0.05) is 27.5 Å². The lowest BCUT2D eigenvalue weighted by Crippen LogP contribution is -2.38. The largest absolute Gasteiger partial charge is 0.456 e. The molecular formula is C28H23ClN2O4S. The van der Waals surface area contributed by atoms with Crippen LogP contribution < -0.4 is 9.62 Å². The maximum Gasteiger partial charge on any atom is 0.264 e. The number of carbonyl (C=O) groups is 1. The number of halogens is 1. The SMILES string of the molecule is Cc1ccc(N(CC(=O)Nc2ccc3c(c2)oc2ccccc23)S(=O)(=O)c2ccc(Cl)cc2)cc1C. The van der Waals surface area contributed by atoms with Crippen LogP contribution in [0.25, 0.3) is 21.9 Å². The van der Waals surface area contributed by atoms with Gasteiger partial charge in [0.05, 0.1) is 10.6 Å². The van der Waals surface area contributed by atoms with Crippen LogP contribution in [0.15, 0.2) is 94.2 Å². The van der Waals surface area contributed by atoms with Crippen molar-refractivity contribution >= 4 is 60.8 Å². The van der Waals surface area contributed by atoms with Gasteiger partial charge in [-0.05, 0) is 79.6 Å². The molecule has 0 atom stereocenters. The highest BCUT2D eigenvalue weighted by atomic mass is 35.5. The van der Waals surface area contributed by atoms with E-state index in [1.54, 1.807) is 24.3 Å². The third-order valence-corrected chi connectivity index (χ3v) is 8.17. The average Bonchev–Trinajstić information content (AvgIpc) is 3.22. The number of hydrogen-bond acceptors (Lipinski definition) is 4. The zero-order valence-corrected chi connectivity index (χ0v) is 21.2. The van der Waals surface area contributed by atoms with Crippen molar-refractivity contribution in [1.29, 1.82) is 0 Å². The van der Waals surface area contributed by atoms with E-state index in [1.807, 2.05) is 50.2 Å². The zero-order valence-electron chi connectivity index (χ0n) is 19.7. The fraction of sp³-hybridized carbons (Fsp3) is 0.107. The van der Waals surface area contributed by atoms with Crippen molar-refractivity contribution < 1.29 is 17.6 Å². The number of benzene rings is 4. The van der Waals surface area contributed by atoms with E-state index in [4.69, 9.17) is 16.0 Å². The maximum absolute atomic E-state index is 13.6. The summed E-state index contributed by atoms with van der Waals surface area (Å²) in [6, 6.07) is 24.3. The number of hydrogen-bond donors (Lipinski definition) is 1. The van der Waals surface area contributed by atoms with E-state index >= 15 is 0 Å². The molecule has 182 valence electrons. The Hall–Kier alpha value is -3.81. The smallest absolute Gasteiger partial charge is 0.264 e. The normalized spacial score (nSPS) is 11.6. The molecule has 4 aromatic carbocycles. The highest BCUT2D eigenvalue weighted by Gasteiger charge is 2.27. The Bertz CT molecular complexity index is 1710. The predicted octanol–water partition coefficient (Wildman–Crippen LogP) is 6.69. The summed E-state index contributed by atoms with van der Waals surface area (Å²) in [5.74, 6) is -0.485. The minimum atomic E-state index is -4.04. The van der Waals surface area contributed by atoms with Gasteiger partial charge in [0.25, 0.3) is 10.0 Å². The van der Waals surface area contributed by atoms with Gasteiger partial charge in [-0.1, -0.05) is 35.9 Å². The van der Waals surface area contributed by atoms with E-state index in [2.05, 4.69) is 5.32 Å². The Morgan fingerprint density at radius 3 is 2.33 bits per heavy atom. The van der Waals surface area contributed by atoms with Crippen molar-refractivity contribution in [3.63, 3.8) is 0 Å². The van der Waals surface area contributed by atoms with Crippen molar-refractivity contribution in [3.8, 4) is 0 Å². The number of anilines is 2. The van der Waals surface area contributed by atoms with Gasteiger partial charge in [0.2, 0.25) is 5.91 Å². The highest BCUT2D eigenvalue weighted by molar-refractivity contribution is 7.92.